The zero-order valence-corrected chi connectivity index (χ0v) is 11.0. The number of anilines is 1. The molecular weight excluding hydrogens is 247 g/mol. The minimum Gasteiger partial charge on any atom is -0.305 e. The summed E-state index contributed by atoms with van der Waals surface area (Å²) >= 11 is 0. The van der Waals surface area contributed by atoms with E-state index in [0.29, 0.717) is 5.82 Å². The van der Waals surface area contributed by atoms with Crippen LogP contribution in [0.5, 0.6) is 0 Å². The van der Waals surface area contributed by atoms with Crippen LogP contribution in [0.25, 0.3) is 0 Å². The van der Waals surface area contributed by atoms with E-state index in [1.807, 2.05) is 20.8 Å². The van der Waals surface area contributed by atoms with Gasteiger partial charge in [0.2, 0.25) is 5.95 Å². The largest absolute Gasteiger partial charge is 0.305 e. The smallest absolute Gasteiger partial charge is 0.258 e. The number of aromatic amines is 1. The molecule has 0 bridgehead atoms. The number of carbonyl (C=O) groups excluding carboxylic acids is 1. The number of rotatable bonds is 2. The van der Waals surface area contributed by atoms with Gasteiger partial charge in [-0.1, -0.05) is 20.8 Å². The van der Waals surface area contributed by atoms with Gasteiger partial charge in [0.1, 0.15) is 0 Å². The second-order valence-corrected chi connectivity index (χ2v) is 5.24. The third kappa shape index (κ3) is 3.15. The molecule has 0 aliphatic heterocycles. The van der Waals surface area contributed by atoms with E-state index >= 15 is 0 Å². The number of aromatic nitrogens is 3. The van der Waals surface area contributed by atoms with Gasteiger partial charge < -0.3 is 5.32 Å². The minimum absolute atomic E-state index is 0.0760. The second kappa shape index (κ2) is 4.79. The Bertz CT molecular complexity index is 583. The van der Waals surface area contributed by atoms with E-state index in [0.717, 1.165) is 11.8 Å². The lowest BCUT2D eigenvalue weighted by Crippen LogP contribution is -2.13. The van der Waals surface area contributed by atoms with Gasteiger partial charge in [-0.25, -0.2) is 4.98 Å². The molecule has 0 fully saturated rings. The van der Waals surface area contributed by atoms with Crippen LogP contribution in [0.15, 0.2) is 24.4 Å². The first-order valence-corrected chi connectivity index (χ1v) is 5.85. The summed E-state index contributed by atoms with van der Waals surface area (Å²) in [6, 6.07) is 4.28. The van der Waals surface area contributed by atoms with Crippen LogP contribution in [0.3, 0.4) is 0 Å². The van der Waals surface area contributed by atoms with Gasteiger partial charge >= 0.3 is 0 Å². The number of H-pyrrole nitrogens is 1. The maximum absolute atomic E-state index is 12.7. The van der Waals surface area contributed by atoms with Gasteiger partial charge in [-0.15, -0.1) is 0 Å². The lowest BCUT2D eigenvalue weighted by atomic mass is 9.92. The lowest BCUT2D eigenvalue weighted by molar-refractivity contribution is 0.102. The van der Waals surface area contributed by atoms with Crippen LogP contribution in [0.1, 0.15) is 36.8 Å². The number of halogens is 1. The van der Waals surface area contributed by atoms with E-state index in [1.165, 1.54) is 12.3 Å². The van der Waals surface area contributed by atoms with Gasteiger partial charge in [-0.2, -0.15) is 9.49 Å². The third-order valence-corrected chi connectivity index (χ3v) is 2.62. The molecule has 0 aliphatic carbocycles. The van der Waals surface area contributed by atoms with Crippen molar-refractivity contribution >= 4 is 11.7 Å². The number of nitrogens with zero attached hydrogens (tertiary/aromatic N) is 2. The van der Waals surface area contributed by atoms with Crippen LogP contribution in [-0.4, -0.2) is 21.1 Å². The average Bonchev–Trinajstić information content (AvgIpc) is 2.78. The zero-order chi connectivity index (χ0) is 14.0. The summed E-state index contributed by atoms with van der Waals surface area (Å²) in [5.74, 6) is -0.565. The van der Waals surface area contributed by atoms with Crippen LogP contribution in [0, 0.1) is 5.95 Å². The van der Waals surface area contributed by atoms with Crippen molar-refractivity contribution in [2.24, 2.45) is 0 Å². The summed E-state index contributed by atoms with van der Waals surface area (Å²) in [5, 5.41) is 9.51. The molecule has 2 N–H and O–H groups in total. The molecule has 5 nitrogen and oxygen atoms in total. The quantitative estimate of drug-likeness (QED) is 0.817. The first-order chi connectivity index (χ1) is 8.86. The van der Waals surface area contributed by atoms with Crippen molar-refractivity contribution in [2.75, 3.05) is 5.32 Å². The molecule has 0 aliphatic rings. The number of nitrogens with one attached hydrogen (secondary N) is 2. The molecule has 6 heteroatoms. The fraction of sp³-hybridized carbons (Fsp3) is 0.308. The van der Waals surface area contributed by atoms with E-state index in [9.17, 15) is 9.18 Å². The molecule has 2 aromatic heterocycles. The van der Waals surface area contributed by atoms with E-state index in [-0.39, 0.29) is 16.9 Å². The first-order valence-electron chi connectivity index (χ1n) is 5.85. The molecule has 19 heavy (non-hydrogen) atoms. The molecule has 2 rings (SSSR count). The summed E-state index contributed by atoms with van der Waals surface area (Å²) in [4.78, 5) is 15.3. The van der Waals surface area contributed by atoms with Gasteiger partial charge in [0.05, 0.1) is 5.56 Å². The Morgan fingerprint density at radius 1 is 1.37 bits per heavy atom. The average molecular weight is 262 g/mol. The van der Waals surface area contributed by atoms with Crippen molar-refractivity contribution in [2.45, 2.75) is 26.2 Å². The van der Waals surface area contributed by atoms with Crippen molar-refractivity contribution in [3.05, 3.63) is 41.6 Å². The summed E-state index contributed by atoms with van der Waals surface area (Å²) in [7, 11) is 0. The highest BCUT2D eigenvalue weighted by atomic mass is 19.1. The van der Waals surface area contributed by atoms with Crippen LogP contribution in [0.2, 0.25) is 0 Å². The van der Waals surface area contributed by atoms with Crippen LogP contribution in [-0.2, 0) is 5.41 Å². The van der Waals surface area contributed by atoms with Gasteiger partial charge in [0, 0.05) is 23.4 Å². The summed E-state index contributed by atoms with van der Waals surface area (Å²) in [6.07, 6.45) is 1.18. The highest BCUT2D eigenvalue weighted by molar-refractivity contribution is 6.03. The molecule has 0 atom stereocenters. The fourth-order valence-corrected chi connectivity index (χ4v) is 1.47. The summed E-state index contributed by atoms with van der Waals surface area (Å²) in [5.41, 5.74) is 1.12. The standard InChI is InChI=1S/C13H15FN4O/c1-13(2,3)9-6-11(18-17-9)16-12(19)8-4-5-10(14)15-7-8/h4-7H,1-3H3,(H2,16,17,18,19). The highest BCUT2D eigenvalue weighted by Gasteiger charge is 2.17. The number of carbonyl (C=O) groups is 1. The Kier molecular flexibility index (Phi) is 3.33. The molecule has 0 spiro atoms. The molecule has 0 saturated carbocycles. The Morgan fingerprint density at radius 3 is 2.63 bits per heavy atom. The van der Waals surface area contributed by atoms with E-state index in [4.69, 9.17) is 0 Å². The molecule has 0 unspecified atom stereocenters. The van der Waals surface area contributed by atoms with Crippen molar-refractivity contribution in [3.8, 4) is 0 Å². The normalized spacial score (nSPS) is 11.4. The van der Waals surface area contributed by atoms with Gasteiger partial charge in [0.25, 0.3) is 5.91 Å². The number of hydrogen-bond donors (Lipinski definition) is 2. The molecule has 2 aromatic rings. The maximum Gasteiger partial charge on any atom is 0.258 e. The summed E-state index contributed by atoms with van der Waals surface area (Å²) < 4.78 is 12.7. The Hall–Kier alpha value is -2.24. The zero-order valence-electron chi connectivity index (χ0n) is 11.0. The van der Waals surface area contributed by atoms with Gasteiger partial charge in [-0.3, -0.25) is 9.89 Å². The van der Waals surface area contributed by atoms with Crippen molar-refractivity contribution < 1.29 is 9.18 Å². The molecular formula is C13H15FN4O. The van der Waals surface area contributed by atoms with Crippen LogP contribution in [0.4, 0.5) is 10.2 Å². The Balaban J connectivity index is 2.11. The predicted molar refractivity (Wildman–Crippen MR) is 69.4 cm³/mol. The molecule has 0 radical (unpaired) electrons. The maximum atomic E-state index is 12.7. The van der Waals surface area contributed by atoms with Crippen molar-refractivity contribution in [1.29, 1.82) is 0 Å². The second-order valence-electron chi connectivity index (χ2n) is 5.24. The lowest BCUT2D eigenvalue weighted by Gasteiger charge is -2.14. The fourth-order valence-electron chi connectivity index (χ4n) is 1.47. The Labute approximate surface area is 110 Å². The number of hydrogen-bond acceptors (Lipinski definition) is 3. The molecule has 2 heterocycles. The van der Waals surface area contributed by atoms with E-state index < -0.39 is 5.95 Å². The van der Waals surface area contributed by atoms with E-state index in [1.54, 1.807) is 6.07 Å². The third-order valence-electron chi connectivity index (χ3n) is 2.62. The van der Waals surface area contributed by atoms with Gasteiger partial charge in [-0.05, 0) is 12.1 Å². The summed E-state index contributed by atoms with van der Waals surface area (Å²) in [6.45, 7) is 6.11. The monoisotopic (exact) mass is 262 g/mol. The van der Waals surface area contributed by atoms with E-state index in [2.05, 4.69) is 20.5 Å². The topological polar surface area (TPSA) is 70.7 Å². The minimum atomic E-state index is -0.619. The number of pyridine rings is 1. The SMILES string of the molecule is CC(C)(C)c1cc(NC(=O)c2ccc(F)nc2)n[nH]1. The number of amides is 1. The van der Waals surface area contributed by atoms with Crippen LogP contribution < -0.4 is 5.32 Å². The molecule has 100 valence electrons. The Morgan fingerprint density at radius 2 is 2.11 bits per heavy atom. The first kappa shape index (κ1) is 13.2. The molecule has 0 aromatic carbocycles. The van der Waals surface area contributed by atoms with Crippen LogP contribution >= 0.6 is 0 Å². The van der Waals surface area contributed by atoms with Crippen molar-refractivity contribution in [3.63, 3.8) is 0 Å². The van der Waals surface area contributed by atoms with Gasteiger partial charge in [0.15, 0.2) is 5.82 Å². The van der Waals surface area contributed by atoms with Crippen molar-refractivity contribution in [1.82, 2.24) is 15.2 Å². The molecule has 1 amide bonds. The highest BCUT2D eigenvalue weighted by Crippen LogP contribution is 2.22. The molecule has 0 saturated heterocycles. The predicted octanol–water partition coefficient (Wildman–Crippen LogP) is 2.49.